The van der Waals surface area contributed by atoms with Crippen LogP contribution in [0.3, 0.4) is 0 Å². The minimum Gasteiger partial charge on any atom is -0.311 e. The number of aromatic nitrogens is 1. The normalized spacial score (nSPS) is 10.7. The number of hydrogen-bond donors (Lipinski definition) is 1. The molecule has 0 unspecified atom stereocenters. The molecule has 80 valence electrons. The number of aryl methyl sites for hydroxylation is 1. The lowest BCUT2D eigenvalue weighted by molar-refractivity contribution is 0.668. The Morgan fingerprint density at radius 1 is 1.57 bits per heavy atom. The van der Waals surface area contributed by atoms with Gasteiger partial charge in [-0.05, 0) is 31.4 Å². The number of thioether (sulfide) groups is 1. The molecule has 1 aromatic heterocycles. The van der Waals surface area contributed by atoms with E-state index < -0.39 is 0 Å². The minimum absolute atomic E-state index is 0.922. The number of nitrogens with one attached hydrogen (secondary N) is 1. The summed E-state index contributed by atoms with van der Waals surface area (Å²) in [6, 6.07) is 0. The second-order valence-corrected chi connectivity index (χ2v) is 5.04. The summed E-state index contributed by atoms with van der Waals surface area (Å²) in [6.45, 7) is 4.17. The van der Waals surface area contributed by atoms with Gasteiger partial charge in [0.25, 0.3) is 0 Å². The van der Waals surface area contributed by atoms with Gasteiger partial charge >= 0.3 is 0 Å². The molecule has 0 radical (unpaired) electrons. The Kier molecular flexibility index (Phi) is 6.23. The van der Waals surface area contributed by atoms with Gasteiger partial charge in [-0.1, -0.05) is 6.92 Å². The molecular weight excluding hydrogens is 212 g/mol. The van der Waals surface area contributed by atoms with E-state index in [-0.39, 0.29) is 0 Å². The van der Waals surface area contributed by atoms with Crippen LogP contribution in [0.1, 0.15) is 24.0 Å². The molecule has 14 heavy (non-hydrogen) atoms. The molecule has 0 atom stereocenters. The van der Waals surface area contributed by atoms with Crippen molar-refractivity contribution in [2.45, 2.75) is 26.3 Å². The first kappa shape index (κ1) is 12.0. The van der Waals surface area contributed by atoms with Crippen molar-refractivity contribution in [3.05, 3.63) is 16.1 Å². The standard InChI is InChI=1S/C10H18N2S2/c1-3-10-12-9(8-14-10)7-11-5-4-6-13-2/h8,11H,3-7H2,1-2H3. The van der Waals surface area contributed by atoms with Crippen LogP contribution in [0.5, 0.6) is 0 Å². The van der Waals surface area contributed by atoms with Crippen molar-refractivity contribution in [1.82, 2.24) is 10.3 Å². The molecule has 1 rings (SSSR count). The quantitative estimate of drug-likeness (QED) is 0.729. The highest BCUT2D eigenvalue weighted by atomic mass is 32.2. The van der Waals surface area contributed by atoms with E-state index in [1.54, 1.807) is 11.3 Å². The van der Waals surface area contributed by atoms with Crippen molar-refractivity contribution < 1.29 is 0 Å². The van der Waals surface area contributed by atoms with Gasteiger partial charge in [-0.25, -0.2) is 4.98 Å². The predicted octanol–water partition coefficient (Wildman–Crippen LogP) is 2.55. The minimum atomic E-state index is 0.922. The van der Waals surface area contributed by atoms with Crippen LogP contribution in [0.25, 0.3) is 0 Å². The van der Waals surface area contributed by atoms with Gasteiger partial charge in [0.05, 0.1) is 10.7 Å². The maximum absolute atomic E-state index is 4.50. The van der Waals surface area contributed by atoms with Gasteiger partial charge in [-0.2, -0.15) is 11.8 Å². The summed E-state index contributed by atoms with van der Waals surface area (Å²) >= 11 is 3.66. The average Bonchev–Trinajstić information content (AvgIpc) is 2.65. The van der Waals surface area contributed by atoms with Crippen molar-refractivity contribution in [3.8, 4) is 0 Å². The van der Waals surface area contributed by atoms with E-state index in [2.05, 4.69) is 28.9 Å². The lowest BCUT2D eigenvalue weighted by Gasteiger charge is -2.00. The molecule has 0 aliphatic rings. The maximum atomic E-state index is 4.50. The first-order valence-electron chi connectivity index (χ1n) is 4.99. The van der Waals surface area contributed by atoms with Crippen molar-refractivity contribution in [2.75, 3.05) is 18.6 Å². The van der Waals surface area contributed by atoms with E-state index in [1.807, 2.05) is 11.8 Å². The van der Waals surface area contributed by atoms with Gasteiger partial charge in [-0.3, -0.25) is 0 Å². The average molecular weight is 230 g/mol. The third-order valence-electron chi connectivity index (χ3n) is 1.91. The van der Waals surface area contributed by atoms with Crippen LogP contribution < -0.4 is 5.32 Å². The van der Waals surface area contributed by atoms with Gasteiger partial charge in [0.1, 0.15) is 0 Å². The topological polar surface area (TPSA) is 24.9 Å². The van der Waals surface area contributed by atoms with Crippen LogP contribution in [0.2, 0.25) is 0 Å². The molecule has 1 heterocycles. The van der Waals surface area contributed by atoms with E-state index in [4.69, 9.17) is 0 Å². The van der Waals surface area contributed by atoms with Gasteiger partial charge in [0.2, 0.25) is 0 Å². The summed E-state index contributed by atoms with van der Waals surface area (Å²) in [4.78, 5) is 4.50. The highest BCUT2D eigenvalue weighted by Crippen LogP contribution is 2.09. The molecule has 0 amide bonds. The molecular formula is C10H18N2S2. The first-order valence-corrected chi connectivity index (χ1v) is 7.27. The van der Waals surface area contributed by atoms with Gasteiger partial charge in [0.15, 0.2) is 0 Å². The number of thiazole rings is 1. The summed E-state index contributed by atoms with van der Waals surface area (Å²) in [6.07, 6.45) is 4.44. The van der Waals surface area contributed by atoms with Crippen molar-refractivity contribution in [1.29, 1.82) is 0 Å². The second-order valence-electron chi connectivity index (χ2n) is 3.11. The zero-order valence-corrected chi connectivity index (χ0v) is 10.5. The molecule has 0 aliphatic carbocycles. The third kappa shape index (κ3) is 4.44. The van der Waals surface area contributed by atoms with Crippen LogP contribution in [0.15, 0.2) is 5.38 Å². The van der Waals surface area contributed by atoms with Crippen molar-refractivity contribution in [3.63, 3.8) is 0 Å². The van der Waals surface area contributed by atoms with Crippen LogP contribution in [-0.2, 0) is 13.0 Å². The highest BCUT2D eigenvalue weighted by Gasteiger charge is 1.98. The summed E-state index contributed by atoms with van der Waals surface area (Å²) in [5, 5.41) is 6.80. The summed E-state index contributed by atoms with van der Waals surface area (Å²) in [5.74, 6) is 1.24. The smallest absolute Gasteiger partial charge is 0.0926 e. The SMILES string of the molecule is CCc1nc(CNCCCSC)cs1. The highest BCUT2D eigenvalue weighted by molar-refractivity contribution is 7.98. The molecule has 0 spiro atoms. The van der Waals surface area contributed by atoms with Gasteiger partial charge in [0, 0.05) is 11.9 Å². The Labute approximate surface area is 94.5 Å². The number of hydrogen-bond acceptors (Lipinski definition) is 4. The molecule has 0 aliphatic heterocycles. The monoisotopic (exact) mass is 230 g/mol. The van der Waals surface area contributed by atoms with Crippen LogP contribution in [0, 0.1) is 0 Å². The molecule has 0 fully saturated rings. The zero-order chi connectivity index (χ0) is 10.2. The van der Waals surface area contributed by atoms with E-state index >= 15 is 0 Å². The van der Waals surface area contributed by atoms with Crippen LogP contribution in [-0.4, -0.2) is 23.5 Å². The fourth-order valence-corrected chi connectivity index (χ4v) is 2.33. The summed E-state index contributed by atoms with van der Waals surface area (Å²) in [7, 11) is 0. The molecule has 1 N–H and O–H groups in total. The number of nitrogens with zero attached hydrogens (tertiary/aromatic N) is 1. The van der Waals surface area contributed by atoms with E-state index in [0.717, 1.165) is 19.5 Å². The molecule has 2 nitrogen and oxygen atoms in total. The maximum Gasteiger partial charge on any atom is 0.0926 e. The second kappa shape index (κ2) is 7.26. The lowest BCUT2D eigenvalue weighted by atomic mass is 10.4. The predicted molar refractivity (Wildman–Crippen MR) is 66.2 cm³/mol. The Balaban J connectivity index is 2.12. The molecule has 0 saturated heterocycles. The molecule has 1 aromatic rings. The lowest BCUT2D eigenvalue weighted by Crippen LogP contribution is -2.15. The van der Waals surface area contributed by atoms with Gasteiger partial charge < -0.3 is 5.32 Å². The van der Waals surface area contributed by atoms with E-state index in [0.29, 0.717) is 0 Å². The molecule has 0 saturated carbocycles. The van der Waals surface area contributed by atoms with Crippen molar-refractivity contribution >= 4 is 23.1 Å². The first-order chi connectivity index (χ1) is 6.86. The fourth-order valence-electron chi connectivity index (χ4n) is 1.15. The molecule has 0 aromatic carbocycles. The molecule has 0 bridgehead atoms. The van der Waals surface area contributed by atoms with Crippen LogP contribution in [0.4, 0.5) is 0 Å². The summed E-state index contributed by atoms with van der Waals surface area (Å²) in [5.41, 5.74) is 1.19. The van der Waals surface area contributed by atoms with E-state index in [9.17, 15) is 0 Å². The largest absolute Gasteiger partial charge is 0.311 e. The fraction of sp³-hybridized carbons (Fsp3) is 0.700. The van der Waals surface area contributed by atoms with E-state index in [1.165, 1.54) is 22.9 Å². The van der Waals surface area contributed by atoms with Crippen molar-refractivity contribution in [2.24, 2.45) is 0 Å². The van der Waals surface area contributed by atoms with Crippen LogP contribution >= 0.6 is 23.1 Å². The molecule has 4 heteroatoms. The Hall–Kier alpha value is -0.0600. The Morgan fingerprint density at radius 3 is 3.07 bits per heavy atom. The summed E-state index contributed by atoms with van der Waals surface area (Å²) < 4.78 is 0. The third-order valence-corrected chi connectivity index (χ3v) is 3.65. The Bertz CT molecular complexity index is 248. The number of rotatable bonds is 7. The van der Waals surface area contributed by atoms with Gasteiger partial charge in [-0.15, -0.1) is 11.3 Å². The zero-order valence-electron chi connectivity index (χ0n) is 8.88. The Morgan fingerprint density at radius 2 is 2.43 bits per heavy atom.